The van der Waals surface area contributed by atoms with Crippen LogP contribution in [-0.2, 0) is 6.54 Å². The molecule has 0 spiro atoms. The number of fused-ring (bicyclic) bond motifs is 1. The summed E-state index contributed by atoms with van der Waals surface area (Å²) in [5.74, 6) is 2.38. The highest BCUT2D eigenvalue weighted by atomic mass is 127. The number of aliphatic imine (C=N–C) groups is 1. The molecular formula is C19H28IN5O2. The number of ether oxygens (including phenoxy) is 2. The smallest absolute Gasteiger partial charge is 0.191 e. The summed E-state index contributed by atoms with van der Waals surface area (Å²) in [4.78, 5) is 4.63. The van der Waals surface area contributed by atoms with Crippen LogP contribution in [0.4, 0.5) is 0 Å². The van der Waals surface area contributed by atoms with Crippen molar-refractivity contribution in [3.8, 4) is 11.5 Å². The first-order valence-electron chi connectivity index (χ1n) is 9.14. The van der Waals surface area contributed by atoms with Gasteiger partial charge in [-0.2, -0.15) is 5.10 Å². The molecule has 1 aliphatic rings. The Labute approximate surface area is 177 Å². The first kappa shape index (κ1) is 21.3. The third kappa shape index (κ3) is 6.60. The lowest BCUT2D eigenvalue weighted by atomic mass is 10.2. The highest BCUT2D eigenvalue weighted by molar-refractivity contribution is 14.0. The van der Waals surface area contributed by atoms with Gasteiger partial charge in [-0.05, 0) is 38.0 Å². The molecule has 0 saturated carbocycles. The number of guanidine groups is 1. The van der Waals surface area contributed by atoms with E-state index in [9.17, 15) is 0 Å². The van der Waals surface area contributed by atoms with E-state index >= 15 is 0 Å². The SMILES string of the molecule is CCNC(=NCC1COc2ccccc2O1)NCCCn1cc(C)cn1.I. The monoisotopic (exact) mass is 485 g/mol. The number of aryl methyl sites for hydroxylation is 2. The van der Waals surface area contributed by atoms with Gasteiger partial charge in [-0.15, -0.1) is 24.0 Å². The second-order valence-corrected chi connectivity index (χ2v) is 6.28. The summed E-state index contributed by atoms with van der Waals surface area (Å²) in [6, 6.07) is 7.73. The quantitative estimate of drug-likeness (QED) is 0.273. The van der Waals surface area contributed by atoms with Gasteiger partial charge >= 0.3 is 0 Å². The van der Waals surface area contributed by atoms with Crippen LogP contribution in [-0.4, -0.2) is 48.1 Å². The van der Waals surface area contributed by atoms with E-state index in [0.717, 1.165) is 43.5 Å². The lowest BCUT2D eigenvalue weighted by Gasteiger charge is -2.25. The van der Waals surface area contributed by atoms with Crippen molar-refractivity contribution in [2.45, 2.75) is 32.9 Å². The summed E-state index contributed by atoms with van der Waals surface area (Å²) >= 11 is 0. The predicted molar refractivity (Wildman–Crippen MR) is 117 cm³/mol. The van der Waals surface area contributed by atoms with Crippen molar-refractivity contribution in [3.63, 3.8) is 0 Å². The molecule has 0 aliphatic carbocycles. The molecule has 1 aromatic carbocycles. The van der Waals surface area contributed by atoms with Crippen LogP contribution < -0.4 is 20.1 Å². The molecule has 1 unspecified atom stereocenters. The van der Waals surface area contributed by atoms with Crippen LogP contribution in [0.25, 0.3) is 0 Å². The second-order valence-electron chi connectivity index (χ2n) is 6.28. The van der Waals surface area contributed by atoms with Crippen molar-refractivity contribution in [2.75, 3.05) is 26.2 Å². The molecule has 1 aromatic heterocycles. The minimum atomic E-state index is -0.0765. The molecule has 1 aliphatic heterocycles. The van der Waals surface area contributed by atoms with Crippen LogP contribution >= 0.6 is 24.0 Å². The number of nitrogens with zero attached hydrogens (tertiary/aromatic N) is 3. The van der Waals surface area contributed by atoms with Crippen LogP contribution in [0.15, 0.2) is 41.7 Å². The molecule has 0 fully saturated rings. The Hall–Kier alpha value is -1.97. The molecule has 0 bridgehead atoms. The molecule has 0 radical (unpaired) electrons. The molecular weight excluding hydrogens is 457 g/mol. The third-order valence-corrected chi connectivity index (χ3v) is 3.98. The summed E-state index contributed by atoms with van der Waals surface area (Å²) in [6.07, 6.45) is 4.83. The maximum absolute atomic E-state index is 5.95. The normalized spacial score (nSPS) is 15.8. The maximum atomic E-state index is 5.95. The molecule has 8 heteroatoms. The largest absolute Gasteiger partial charge is 0.486 e. The van der Waals surface area contributed by atoms with Crippen molar-refractivity contribution in [1.82, 2.24) is 20.4 Å². The average molecular weight is 485 g/mol. The fourth-order valence-electron chi connectivity index (χ4n) is 2.72. The van der Waals surface area contributed by atoms with Gasteiger partial charge in [0, 0.05) is 25.8 Å². The van der Waals surface area contributed by atoms with Crippen LogP contribution in [0, 0.1) is 6.92 Å². The Balaban J connectivity index is 0.00000261. The number of rotatable bonds is 7. The number of hydrogen-bond acceptors (Lipinski definition) is 4. The van der Waals surface area contributed by atoms with Crippen molar-refractivity contribution < 1.29 is 9.47 Å². The summed E-state index contributed by atoms with van der Waals surface area (Å²) in [7, 11) is 0. The lowest BCUT2D eigenvalue weighted by molar-refractivity contribution is 0.0971. The van der Waals surface area contributed by atoms with Crippen molar-refractivity contribution in [2.24, 2.45) is 4.99 Å². The van der Waals surface area contributed by atoms with Gasteiger partial charge in [0.2, 0.25) is 0 Å². The zero-order valence-electron chi connectivity index (χ0n) is 15.9. The van der Waals surface area contributed by atoms with Gasteiger partial charge in [0.25, 0.3) is 0 Å². The lowest BCUT2D eigenvalue weighted by Crippen LogP contribution is -2.40. The highest BCUT2D eigenvalue weighted by Gasteiger charge is 2.20. The Morgan fingerprint density at radius 3 is 2.85 bits per heavy atom. The fourth-order valence-corrected chi connectivity index (χ4v) is 2.72. The van der Waals surface area contributed by atoms with E-state index in [1.807, 2.05) is 42.1 Å². The van der Waals surface area contributed by atoms with Gasteiger partial charge in [-0.25, -0.2) is 4.99 Å². The Morgan fingerprint density at radius 1 is 1.30 bits per heavy atom. The molecule has 3 rings (SSSR count). The second kappa shape index (κ2) is 11.0. The van der Waals surface area contributed by atoms with Crippen LogP contribution in [0.2, 0.25) is 0 Å². The zero-order valence-corrected chi connectivity index (χ0v) is 18.2. The number of aromatic nitrogens is 2. The van der Waals surface area contributed by atoms with Crippen molar-refractivity contribution in [3.05, 3.63) is 42.2 Å². The molecule has 1 atom stereocenters. The summed E-state index contributed by atoms with van der Waals surface area (Å²) in [5, 5.41) is 10.9. The highest BCUT2D eigenvalue weighted by Crippen LogP contribution is 2.30. The van der Waals surface area contributed by atoms with E-state index in [1.165, 1.54) is 5.56 Å². The topological polar surface area (TPSA) is 72.7 Å². The first-order valence-corrected chi connectivity index (χ1v) is 9.14. The number of para-hydroxylation sites is 2. The molecule has 2 N–H and O–H groups in total. The van der Waals surface area contributed by atoms with Gasteiger partial charge in [-0.3, -0.25) is 4.68 Å². The molecule has 0 saturated heterocycles. The number of nitrogens with one attached hydrogen (secondary N) is 2. The number of halogens is 1. The van der Waals surface area contributed by atoms with Crippen LogP contribution in [0.5, 0.6) is 11.5 Å². The fraction of sp³-hybridized carbons (Fsp3) is 0.474. The maximum Gasteiger partial charge on any atom is 0.191 e. The van der Waals surface area contributed by atoms with Crippen LogP contribution in [0.3, 0.4) is 0 Å². The summed E-state index contributed by atoms with van der Waals surface area (Å²) in [5.41, 5.74) is 1.18. The molecule has 27 heavy (non-hydrogen) atoms. The van der Waals surface area contributed by atoms with E-state index in [1.54, 1.807) is 0 Å². The summed E-state index contributed by atoms with van der Waals surface area (Å²) < 4.78 is 13.6. The van der Waals surface area contributed by atoms with E-state index in [-0.39, 0.29) is 30.1 Å². The molecule has 2 aromatic rings. The van der Waals surface area contributed by atoms with Crippen molar-refractivity contribution >= 4 is 29.9 Å². The molecule has 0 amide bonds. The van der Waals surface area contributed by atoms with Gasteiger partial charge in [-0.1, -0.05) is 12.1 Å². The average Bonchev–Trinajstić information content (AvgIpc) is 3.08. The predicted octanol–water partition coefficient (Wildman–Crippen LogP) is 2.59. The number of benzene rings is 1. The number of hydrogen-bond donors (Lipinski definition) is 2. The first-order chi connectivity index (χ1) is 12.7. The Morgan fingerprint density at radius 2 is 2.11 bits per heavy atom. The van der Waals surface area contributed by atoms with Gasteiger partial charge in [0.1, 0.15) is 6.61 Å². The summed E-state index contributed by atoms with van der Waals surface area (Å²) in [6.45, 7) is 7.69. The standard InChI is InChI=1S/C19H27N5O2.HI/c1-3-20-19(21-9-6-10-24-13-15(2)11-23-24)22-12-16-14-25-17-7-4-5-8-18(17)26-16;/h4-5,7-8,11,13,16H,3,6,9-10,12,14H2,1-2H3,(H2,20,21,22);1H. The van der Waals surface area contributed by atoms with Crippen molar-refractivity contribution in [1.29, 1.82) is 0 Å². The van der Waals surface area contributed by atoms with Gasteiger partial charge in [0.05, 0.1) is 12.7 Å². The zero-order chi connectivity index (χ0) is 18.2. The Kier molecular flexibility index (Phi) is 8.70. The third-order valence-electron chi connectivity index (χ3n) is 3.98. The minimum Gasteiger partial charge on any atom is -0.486 e. The van der Waals surface area contributed by atoms with Gasteiger partial charge < -0.3 is 20.1 Å². The van der Waals surface area contributed by atoms with Crippen LogP contribution in [0.1, 0.15) is 18.9 Å². The minimum absolute atomic E-state index is 0. The van der Waals surface area contributed by atoms with E-state index in [4.69, 9.17) is 9.47 Å². The van der Waals surface area contributed by atoms with Gasteiger partial charge in [0.15, 0.2) is 23.6 Å². The molecule has 7 nitrogen and oxygen atoms in total. The molecule has 148 valence electrons. The van der Waals surface area contributed by atoms with E-state index in [2.05, 4.69) is 33.8 Å². The Bertz CT molecular complexity index is 734. The molecule has 2 heterocycles. The van der Waals surface area contributed by atoms with E-state index in [0.29, 0.717) is 13.2 Å². The van der Waals surface area contributed by atoms with E-state index < -0.39 is 0 Å².